The maximum atomic E-state index is 13.0. The number of benzene rings is 2. The van der Waals surface area contributed by atoms with Crippen LogP contribution in [0.1, 0.15) is 30.4 Å². The van der Waals surface area contributed by atoms with Crippen LogP contribution in [0.4, 0.5) is 4.79 Å². The van der Waals surface area contributed by atoms with Crippen LogP contribution in [0, 0.1) is 0 Å². The molecule has 3 heterocycles. The zero-order valence-electron chi connectivity index (χ0n) is 17.4. The van der Waals surface area contributed by atoms with Crippen LogP contribution in [-0.4, -0.2) is 40.4 Å². The van der Waals surface area contributed by atoms with Gasteiger partial charge in [0.05, 0.1) is 18.0 Å². The number of hydrogen-bond acceptors (Lipinski definition) is 3. The molecular formula is C25H26N3O2S+. The predicted molar refractivity (Wildman–Crippen MR) is 125 cm³/mol. The Labute approximate surface area is 186 Å². The number of likely N-dealkylation sites (tertiary alicyclic amines) is 1. The molecule has 2 aromatic carbocycles. The monoisotopic (exact) mass is 432 g/mol. The fraction of sp³-hybridized carbons (Fsp3) is 0.280. The molecule has 0 aliphatic carbocycles. The number of thioether (sulfide) groups is 1. The number of carbonyl (C=O) groups excluding carboxylic acids is 2. The van der Waals surface area contributed by atoms with E-state index in [0.717, 1.165) is 47.9 Å². The fourth-order valence-corrected chi connectivity index (χ4v) is 5.34. The van der Waals surface area contributed by atoms with E-state index >= 15 is 0 Å². The molecule has 2 fully saturated rings. The number of amides is 2. The highest BCUT2D eigenvalue weighted by Crippen LogP contribution is 2.33. The summed E-state index contributed by atoms with van der Waals surface area (Å²) in [5.41, 5.74) is 3.32. The molecule has 2 aliphatic heterocycles. The number of quaternary nitrogens is 1. The molecule has 0 atom stereocenters. The number of para-hydroxylation sites is 1. The third kappa shape index (κ3) is 4.18. The Balaban J connectivity index is 1.43. The minimum Gasteiger partial charge on any atom is -0.342 e. The standard InChI is InChI=1S/C25H25N3O2S/c29-24-23(31-25(30)28(24)18-26-13-7-2-8-14-26)15-20-17-27(16-19-9-3-1-4-10-19)22-12-6-5-11-21(20)22/h1,3-6,9-12,15,17H,2,7-8,13-14,16,18H2/p+1. The summed E-state index contributed by atoms with van der Waals surface area (Å²) in [6.07, 6.45) is 7.56. The number of nitrogens with zero attached hydrogens (tertiary/aromatic N) is 2. The van der Waals surface area contributed by atoms with E-state index in [1.165, 1.54) is 34.6 Å². The smallest absolute Gasteiger partial charge is 0.298 e. The van der Waals surface area contributed by atoms with Gasteiger partial charge in [0.15, 0.2) is 6.67 Å². The average Bonchev–Trinajstić information content (AvgIpc) is 3.27. The molecule has 5 rings (SSSR count). The van der Waals surface area contributed by atoms with E-state index in [9.17, 15) is 9.59 Å². The lowest BCUT2D eigenvalue weighted by atomic mass is 10.1. The van der Waals surface area contributed by atoms with Gasteiger partial charge in [0.2, 0.25) is 0 Å². The van der Waals surface area contributed by atoms with Crippen molar-refractivity contribution < 1.29 is 14.5 Å². The number of hydrogen-bond donors (Lipinski definition) is 1. The first-order valence-corrected chi connectivity index (χ1v) is 11.7. The molecule has 0 radical (unpaired) electrons. The Morgan fingerprint density at radius 1 is 0.935 bits per heavy atom. The van der Waals surface area contributed by atoms with E-state index in [1.807, 2.05) is 36.4 Å². The minimum absolute atomic E-state index is 0.151. The SMILES string of the molecule is O=C1SC(=Cc2cn(Cc3ccccc3)c3ccccc23)C(=O)N1C[NH+]1CCCCC1. The number of aromatic nitrogens is 1. The molecule has 3 aromatic rings. The number of imide groups is 1. The Hall–Kier alpha value is -2.83. The molecule has 0 unspecified atom stereocenters. The molecule has 158 valence electrons. The van der Waals surface area contributed by atoms with Gasteiger partial charge in [0, 0.05) is 29.2 Å². The van der Waals surface area contributed by atoms with E-state index in [-0.39, 0.29) is 11.1 Å². The first kappa shape index (κ1) is 20.1. The van der Waals surface area contributed by atoms with Gasteiger partial charge < -0.3 is 9.47 Å². The molecule has 31 heavy (non-hydrogen) atoms. The normalized spacial score (nSPS) is 19.1. The Morgan fingerprint density at radius 3 is 2.48 bits per heavy atom. The number of fused-ring (bicyclic) bond motifs is 1. The lowest BCUT2D eigenvalue weighted by Gasteiger charge is -2.26. The zero-order chi connectivity index (χ0) is 21.2. The average molecular weight is 433 g/mol. The minimum atomic E-state index is -0.159. The zero-order valence-corrected chi connectivity index (χ0v) is 18.2. The molecule has 1 N–H and O–H groups in total. The van der Waals surface area contributed by atoms with Crippen LogP contribution in [0.5, 0.6) is 0 Å². The van der Waals surface area contributed by atoms with Crippen LogP contribution < -0.4 is 4.90 Å². The maximum absolute atomic E-state index is 13.0. The van der Waals surface area contributed by atoms with Gasteiger partial charge in [-0.05, 0) is 48.7 Å². The molecule has 1 aromatic heterocycles. The highest BCUT2D eigenvalue weighted by Gasteiger charge is 2.37. The second kappa shape index (κ2) is 8.73. The summed E-state index contributed by atoms with van der Waals surface area (Å²) in [5.74, 6) is -0.159. The molecule has 2 saturated heterocycles. The van der Waals surface area contributed by atoms with Crippen LogP contribution in [0.3, 0.4) is 0 Å². The third-order valence-electron chi connectivity index (χ3n) is 6.12. The molecule has 2 aliphatic rings. The van der Waals surface area contributed by atoms with E-state index in [0.29, 0.717) is 11.6 Å². The van der Waals surface area contributed by atoms with Crippen LogP contribution >= 0.6 is 11.8 Å². The van der Waals surface area contributed by atoms with Gasteiger partial charge in [-0.25, -0.2) is 4.90 Å². The van der Waals surface area contributed by atoms with Gasteiger partial charge in [-0.2, -0.15) is 0 Å². The third-order valence-corrected chi connectivity index (χ3v) is 7.03. The largest absolute Gasteiger partial charge is 0.342 e. The summed E-state index contributed by atoms with van der Waals surface area (Å²) in [4.78, 5) is 28.9. The van der Waals surface area contributed by atoms with Crippen molar-refractivity contribution >= 4 is 39.9 Å². The van der Waals surface area contributed by atoms with Crippen molar-refractivity contribution in [1.82, 2.24) is 9.47 Å². The van der Waals surface area contributed by atoms with Crippen molar-refractivity contribution in [2.24, 2.45) is 0 Å². The second-order valence-corrected chi connectivity index (χ2v) is 9.29. The quantitative estimate of drug-likeness (QED) is 0.625. The van der Waals surface area contributed by atoms with Gasteiger partial charge in [-0.15, -0.1) is 0 Å². The summed E-state index contributed by atoms with van der Waals surface area (Å²) in [7, 11) is 0. The van der Waals surface area contributed by atoms with Gasteiger partial charge in [-0.3, -0.25) is 9.59 Å². The summed E-state index contributed by atoms with van der Waals surface area (Å²) in [6.45, 7) is 3.31. The van der Waals surface area contributed by atoms with Crippen molar-refractivity contribution in [3.63, 3.8) is 0 Å². The summed E-state index contributed by atoms with van der Waals surface area (Å²) in [5, 5.41) is 0.939. The molecule has 0 saturated carbocycles. The number of rotatable bonds is 5. The van der Waals surface area contributed by atoms with Crippen LogP contribution in [0.2, 0.25) is 0 Å². The second-order valence-electron chi connectivity index (χ2n) is 8.29. The lowest BCUT2D eigenvalue weighted by molar-refractivity contribution is -0.912. The van der Waals surface area contributed by atoms with Gasteiger partial charge >= 0.3 is 0 Å². The molecule has 6 heteroatoms. The van der Waals surface area contributed by atoms with Crippen molar-refractivity contribution in [3.8, 4) is 0 Å². The lowest BCUT2D eigenvalue weighted by Crippen LogP contribution is -3.14. The maximum Gasteiger partial charge on any atom is 0.298 e. The van der Waals surface area contributed by atoms with Gasteiger partial charge in [0.25, 0.3) is 11.1 Å². The van der Waals surface area contributed by atoms with E-state index in [1.54, 1.807) is 0 Å². The van der Waals surface area contributed by atoms with Crippen LogP contribution in [0.15, 0.2) is 65.7 Å². The molecule has 0 spiro atoms. The highest BCUT2D eigenvalue weighted by atomic mass is 32.2. The van der Waals surface area contributed by atoms with Crippen molar-refractivity contribution in [3.05, 3.63) is 76.8 Å². The topological polar surface area (TPSA) is 46.8 Å². The number of nitrogens with one attached hydrogen (secondary N) is 1. The van der Waals surface area contributed by atoms with Gasteiger partial charge in [0.1, 0.15) is 0 Å². The number of piperidine rings is 1. The van der Waals surface area contributed by atoms with Crippen molar-refractivity contribution in [2.75, 3.05) is 19.8 Å². The molecule has 0 bridgehead atoms. The molecule has 2 amide bonds. The van der Waals surface area contributed by atoms with E-state index in [4.69, 9.17) is 0 Å². The molecular weight excluding hydrogens is 406 g/mol. The summed E-state index contributed by atoms with van der Waals surface area (Å²) < 4.78 is 2.21. The van der Waals surface area contributed by atoms with Crippen LogP contribution in [-0.2, 0) is 11.3 Å². The Bertz CT molecular complexity index is 1150. The summed E-state index contributed by atoms with van der Waals surface area (Å²) >= 11 is 1.06. The van der Waals surface area contributed by atoms with E-state index in [2.05, 4.69) is 35.0 Å². The first-order valence-electron chi connectivity index (χ1n) is 10.9. The first-order chi connectivity index (χ1) is 15.2. The van der Waals surface area contributed by atoms with Crippen molar-refractivity contribution in [2.45, 2.75) is 25.8 Å². The van der Waals surface area contributed by atoms with E-state index < -0.39 is 0 Å². The highest BCUT2D eigenvalue weighted by molar-refractivity contribution is 8.18. The molecule has 5 nitrogen and oxygen atoms in total. The Morgan fingerprint density at radius 2 is 1.68 bits per heavy atom. The van der Waals surface area contributed by atoms with Gasteiger partial charge in [-0.1, -0.05) is 48.5 Å². The Kier molecular flexibility index (Phi) is 5.66. The van der Waals surface area contributed by atoms with Crippen LogP contribution in [0.25, 0.3) is 17.0 Å². The fourth-order valence-electron chi connectivity index (χ4n) is 4.51. The number of carbonyl (C=O) groups is 2. The predicted octanol–water partition coefficient (Wildman–Crippen LogP) is 3.75. The van der Waals surface area contributed by atoms with Crippen molar-refractivity contribution in [1.29, 1.82) is 0 Å². The summed E-state index contributed by atoms with van der Waals surface area (Å²) in [6, 6.07) is 18.5.